The first-order valence-electron chi connectivity index (χ1n) is 11.0. The largest absolute Gasteiger partial charge is 0.434 e. The van der Waals surface area contributed by atoms with E-state index in [0.717, 1.165) is 4.31 Å². The van der Waals surface area contributed by atoms with Crippen LogP contribution in [0.5, 0.6) is 17.4 Å². The molecule has 2 aliphatic rings. The molecular weight excluding hydrogens is 512 g/mol. The predicted octanol–water partition coefficient (Wildman–Crippen LogP) is 3.01. The second-order valence-electron chi connectivity index (χ2n) is 8.56. The van der Waals surface area contributed by atoms with E-state index in [-0.39, 0.29) is 48.4 Å². The first kappa shape index (κ1) is 24.8. The summed E-state index contributed by atoms with van der Waals surface area (Å²) < 4.78 is 74.2. The zero-order valence-corrected chi connectivity index (χ0v) is 20.5. The molecule has 1 aromatic heterocycles. The lowest BCUT2D eigenvalue weighted by atomic mass is 9.84. The lowest BCUT2D eigenvalue weighted by Gasteiger charge is -2.51. The topological polar surface area (TPSA) is 123 Å². The summed E-state index contributed by atoms with van der Waals surface area (Å²) in [5.41, 5.74) is -1.06. The van der Waals surface area contributed by atoms with Crippen molar-refractivity contribution in [3.63, 3.8) is 0 Å². The molecule has 11 nitrogen and oxygen atoms in total. The highest BCUT2D eigenvalue weighted by Crippen LogP contribution is 2.48. The van der Waals surface area contributed by atoms with Crippen LogP contribution in [0.2, 0.25) is 0 Å². The van der Waals surface area contributed by atoms with E-state index in [4.69, 9.17) is 14.2 Å². The van der Waals surface area contributed by atoms with Crippen molar-refractivity contribution in [1.82, 2.24) is 19.4 Å². The number of anilines is 1. The lowest BCUT2D eigenvalue weighted by Crippen LogP contribution is -2.63. The molecule has 0 aliphatic carbocycles. The highest BCUT2D eigenvalue weighted by Gasteiger charge is 2.54. The molecule has 5 rings (SSSR count). The van der Waals surface area contributed by atoms with E-state index in [1.165, 1.54) is 55.5 Å². The molecule has 2 aliphatic heterocycles. The van der Waals surface area contributed by atoms with Gasteiger partial charge in [0.1, 0.15) is 5.54 Å². The van der Waals surface area contributed by atoms with Gasteiger partial charge in [-0.1, -0.05) is 12.1 Å². The molecule has 0 saturated carbocycles. The Kier molecular flexibility index (Phi) is 6.17. The number of benzene rings is 2. The molecule has 1 saturated heterocycles. The van der Waals surface area contributed by atoms with Gasteiger partial charge in [-0.15, -0.1) is 5.10 Å². The Morgan fingerprint density at radius 1 is 1.14 bits per heavy atom. The van der Waals surface area contributed by atoms with Crippen LogP contribution in [0.25, 0.3) is 0 Å². The van der Waals surface area contributed by atoms with Gasteiger partial charge in [0.2, 0.25) is 11.7 Å². The molecule has 3 heterocycles. The molecule has 1 amide bonds. The maximum Gasteiger partial charge on any atom is 0.416 e. The minimum Gasteiger partial charge on any atom is -0.434 e. The number of fused-ring (bicyclic) bond motifs is 2. The molecule has 14 heteroatoms. The zero-order chi connectivity index (χ0) is 26.4. The highest BCUT2D eigenvalue weighted by molar-refractivity contribution is 7.90. The van der Waals surface area contributed by atoms with Crippen LogP contribution in [0.3, 0.4) is 0 Å². The Bertz CT molecular complexity index is 1470. The fourth-order valence-electron chi connectivity index (χ4n) is 4.00. The van der Waals surface area contributed by atoms with E-state index in [1.807, 2.05) is 0 Å². The molecule has 1 spiro atoms. The molecule has 194 valence electrons. The summed E-state index contributed by atoms with van der Waals surface area (Å²) >= 11 is 0. The number of amides is 1. The van der Waals surface area contributed by atoms with Gasteiger partial charge in [0.15, 0.2) is 17.3 Å². The number of nitrogens with one attached hydrogen (secondary N) is 1. The number of rotatable bonds is 7. The zero-order valence-electron chi connectivity index (χ0n) is 19.6. The van der Waals surface area contributed by atoms with Crippen LogP contribution < -0.4 is 14.2 Å². The molecular formula is C23H21F2N5O6S. The SMILES string of the molecule is CN(C)S(=O)(=O)Nc1cccc(CN2C(=O)Oc3c(ccc(Oc4cccnn4)c3F)C23COC3)c1F. The summed E-state index contributed by atoms with van der Waals surface area (Å²) in [5, 5.41) is 7.42. The molecule has 0 atom stereocenters. The normalized spacial score (nSPS) is 16.2. The number of carbonyl (C=O) groups excluding carboxylic acids is 1. The number of hydrogen-bond acceptors (Lipinski definition) is 8. The van der Waals surface area contributed by atoms with Gasteiger partial charge < -0.3 is 14.2 Å². The second-order valence-corrected chi connectivity index (χ2v) is 10.4. The summed E-state index contributed by atoms with van der Waals surface area (Å²) in [7, 11) is -1.37. The van der Waals surface area contributed by atoms with Crippen LogP contribution >= 0.6 is 0 Å². The van der Waals surface area contributed by atoms with Crippen LogP contribution in [0.4, 0.5) is 19.3 Å². The van der Waals surface area contributed by atoms with E-state index < -0.39 is 33.5 Å². The van der Waals surface area contributed by atoms with Crippen molar-refractivity contribution in [3.05, 3.63) is 71.4 Å². The van der Waals surface area contributed by atoms with Gasteiger partial charge >= 0.3 is 16.3 Å². The second kappa shape index (κ2) is 9.21. The van der Waals surface area contributed by atoms with Gasteiger partial charge in [-0.3, -0.25) is 9.62 Å². The lowest BCUT2D eigenvalue weighted by molar-refractivity contribution is -0.143. The van der Waals surface area contributed by atoms with Gasteiger partial charge in [-0.25, -0.2) is 9.18 Å². The predicted molar refractivity (Wildman–Crippen MR) is 125 cm³/mol. The number of nitrogens with zero attached hydrogens (tertiary/aromatic N) is 4. The maximum absolute atomic E-state index is 15.4. The summed E-state index contributed by atoms with van der Waals surface area (Å²) in [4.78, 5) is 14.3. The summed E-state index contributed by atoms with van der Waals surface area (Å²) in [6.07, 6.45) is 0.507. The Balaban J connectivity index is 1.47. The smallest absolute Gasteiger partial charge is 0.416 e. The fourth-order valence-corrected chi connectivity index (χ4v) is 4.62. The van der Waals surface area contributed by atoms with E-state index in [9.17, 15) is 13.2 Å². The van der Waals surface area contributed by atoms with Crippen molar-refractivity contribution in [2.45, 2.75) is 12.1 Å². The fraction of sp³-hybridized carbons (Fsp3) is 0.261. The minimum absolute atomic E-state index is 0.0213. The van der Waals surface area contributed by atoms with E-state index in [0.29, 0.717) is 5.56 Å². The van der Waals surface area contributed by atoms with Crippen LogP contribution in [0, 0.1) is 11.6 Å². The summed E-state index contributed by atoms with van der Waals surface area (Å²) in [6, 6.07) is 10.1. The van der Waals surface area contributed by atoms with Crippen molar-refractivity contribution < 1.29 is 36.2 Å². The first-order chi connectivity index (χ1) is 17.6. The van der Waals surface area contributed by atoms with E-state index >= 15 is 8.78 Å². The number of halogens is 2. The Hall–Kier alpha value is -3.88. The van der Waals surface area contributed by atoms with E-state index in [2.05, 4.69) is 14.9 Å². The Morgan fingerprint density at radius 3 is 2.57 bits per heavy atom. The van der Waals surface area contributed by atoms with Crippen LogP contribution in [0.15, 0.2) is 48.7 Å². The van der Waals surface area contributed by atoms with Crippen molar-refractivity contribution >= 4 is 22.0 Å². The number of hydrogen-bond donors (Lipinski definition) is 1. The van der Waals surface area contributed by atoms with Crippen molar-refractivity contribution in [2.24, 2.45) is 0 Å². The van der Waals surface area contributed by atoms with Crippen molar-refractivity contribution in [3.8, 4) is 17.4 Å². The van der Waals surface area contributed by atoms with Gasteiger partial charge in [-0.05, 0) is 24.3 Å². The number of aromatic nitrogens is 2. The standard InChI is InChI=1S/C23H21F2N5O6S/c1-29(2)37(32,33)28-16-6-3-5-14(19(16)24)11-30-22(31)36-21-15(23(30)12-34-13-23)8-9-17(20(21)25)35-18-7-4-10-26-27-18/h3-10,28H,11-13H2,1-2H3. The third-order valence-electron chi connectivity index (χ3n) is 6.06. The molecule has 3 aromatic rings. The van der Waals surface area contributed by atoms with E-state index in [1.54, 1.807) is 12.1 Å². The molecule has 1 N–H and O–H groups in total. The van der Waals surface area contributed by atoms with Crippen LogP contribution in [-0.2, 0) is 27.0 Å². The third kappa shape index (κ3) is 4.32. The maximum atomic E-state index is 15.4. The summed E-state index contributed by atoms with van der Waals surface area (Å²) in [6.45, 7) is -0.245. The molecule has 37 heavy (non-hydrogen) atoms. The average molecular weight is 534 g/mol. The molecule has 0 radical (unpaired) electrons. The first-order valence-corrected chi connectivity index (χ1v) is 12.4. The molecule has 1 fully saturated rings. The van der Waals surface area contributed by atoms with Crippen LogP contribution in [-0.4, -0.2) is 61.2 Å². The van der Waals surface area contributed by atoms with Crippen molar-refractivity contribution in [1.29, 1.82) is 0 Å². The number of carbonyl (C=O) groups is 1. The Morgan fingerprint density at radius 2 is 1.92 bits per heavy atom. The minimum atomic E-state index is -3.97. The molecule has 2 aromatic carbocycles. The third-order valence-corrected chi connectivity index (χ3v) is 7.50. The molecule has 0 bridgehead atoms. The van der Waals surface area contributed by atoms with Gasteiger partial charge in [0.05, 0.1) is 25.4 Å². The van der Waals surface area contributed by atoms with Gasteiger partial charge in [-0.2, -0.15) is 22.2 Å². The Labute approximate surface area is 210 Å². The van der Waals surface area contributed by atoms with Crippen LogP contribution in [0.1, 0.15) is 11.1 Å². The highest BCUT2D eigenvalue weighted by atomic mass is 32.2. The molecule has 0 unspecified atom stereocenters. The van der Waals surface area contributed by atoms with Crippen molar-refractivity contribution in [2.75, 3.05) is 32.0 Å². The van der Waals surface area contributed by atoms with Gasteiger partial charge in [0.25, 0.3) is 0 Å². The quantitative estimate of drug-likeness (QED) is 0.492. The monoisotopic (exact) mass is 533 g/mol. The number of ether oxygens (including phenoxy) is 3. The average Bonchev–Trinajstić information content (AvgIpc) is 2.83. The summed E-state index contributed by atoms with van der Waals surface area (Å²) in [5.74, 6) is -2.26. The van der Waals surface area contributed by atoms with Gasteiger partial charge in [0, 0.05) is 37.5 Å².